The fourth-order valence-electron chi connectivity index (χ4n) is 4.94. The van der Waals surface area contributed by atoms with Crippen LogP contribution in [0, 0.1) is 5.41 Å². The monoisotopic (exact) mass is 380 g/mol. The summed E-state index contributed by atoms with van der Waals surface area (Å²) >= 11 is 0. The molecule has 0 N–H and O–H groups in total. The summed E-state index contributed by atoms with van der Waals surface area (Å²) in [5.74, 6) is 2.51. The molecule has 2 saturated carbocycles. The molecular formula is C22H28N4O2. The second kappa shape index (κ2) is 6.90. The molecule has 28 heavy (non-hydrogen) atoms. The van der Waals surface area contributed by atoms with Gasteiger partial charge in [-0.1, -0.05) is 18.6 Å². The van der Waals surface area contributed by atoms with E-state index in [1.54, 1.807) is 0 Å². The van der Waals surface area contributed by atoms with Crippen LogP contribution in [0.4, 0.5) is 0 Å². The Bertz CT molecular complexity index is 852. The third kappa shape index (κ3) is 3.09. The van der Waals surface area contributed by atoms with E-state index in [9.17, 15) is 4.79 Å². The number of carbonyl (C=O) groups is 1. The first-order valence-electron chi connectivity index (χ1n) is 10.6. The first kappa shape index (κ1) is 17.7. The predicted octanol–water partition coefficient (Wildman–Crippen LogP) is 3.35. The van der Waals surface area contributed by atoms with Crippen LogP contribution in [-0.4, -0.2) is 45.3 Å². The molecule has 5 rings (SSSR count). The number of benzene rings is 1. The van der Waals surface area contributed by atoms with Gasteiger partial charge in [-0.15, -0.1) is 10.2 Å². The maximum absolute atomic E-state index is 13.1. The van der Waals surface area contributed by atoms with Gasteiger partial charge in [0, 0.05) is 25.0 Å². The average molecular weight is 380 g/mol. The average Bonchev–Trinajstić information content (AvgIpc) is 3.25. The van der Waals surface area contributed by atoms with Crippen molar-refractivity contribution in [1.82, 2.24) is 19.7 Å². The minimum Gasteiger partial charge on any atom is -0.494 e. The Labute approximate surface area is 165 Å². The Balaban J connectivity index is 1.31. The topological polar surface area (TPSA) is 60.2 Å². The molecule has 6 nitrogen and oxygen atoms in total. The zero-order chi connectivity index (χ0) is 19.1. The molecule has 3 fully saturated rings. The molecule has 2 aromatic rings. The van der Waals surface area contributed by atoms with Crippen LogP contribution in [0.3, 0.4) is 0 Å². The van der Waals surface area contributed by atoms with Gasteiger partial charge in [0.25, 0.3) is 0 Å². The van der Waals surface area contributed by atoms with E-state index in [4.69, 9.17) is 4.74 Å². The highest BCUT2D eigenvalue weighted by atomic mass is 16.5. The number of hydrogen-bond donors (Lipinski definition) is 0. The van der Waals surface area contributed by atoms with Gasteiger partial charge in [-0.3, -0.25) is 4.79 Å². The molecule has 6 heteroatoms. The maximum Gasteiger partial charge on any atom is 0.227 e. The van der Waals surface area contributed by atoms with Gasteiger partial charge in [0.05, 0.1) is 13.0 Å². The number of nitrogens with zero attached hydrogens (tertiary/aromatic N) is 4. The van der Waals surface area contributed by atoms with E-state index in [0.29, 0.717) is 25.0 Å². The Kier molecular flexibility index (Phi) is 4.37. The zero-order valence-corrected chi connectivity index (χ0v) is 16.5. The summed E-state index contributed by atoms with van der Waals surface area (Å²) in [5, 5.41) is 8.71. The fraction of sp³-hybridized carbons (Fsp3) is 0.591. The molecule has 1 unspecified atom stereocenters. The van der Waals surface area contributed by atoms with Crippen molar-refractivity contribution in [3.63, 3.8) is 0 Å². The standard InChI is InChI=1S/C22H28N4O2/c1-2-28-18-8-4-16(5-9-18)12-20(27)25-13-19(22(14-25)10-3-11-22)21-24-23-15-26(21)17-6-7-17/h4-5,8-9,15,17,19H,2-3,6-7,10-14H2,1H3. The van der Waals surface area contributed by atoms with Gasteiger partial charge in [-0.05, 0) is 55.7 Å². The fourth-order valence-corrected chi connectivity index (χ4v) is 4.94. The van der Waals surface area contributed by atoms with Crippen molar-refractivity contribution in [2.24, 2.45) is 5.41 Å². The van der Waals surface area contributed by atoms with Gasteiger partial charge >= 0.3 is 0 Å². The normalized spacial score (nSPS) is 23.0. The molecular weight excluding hydrogens is 352 g/mol. The molecule has 1 aromatic carbocycles. The molecule has 0 radical (unpaired) electrons. The number of hydrogen-bond acceptors (Lipinski definition) is 4. The molecule has 1 aliphatic heterocycles. The van der Waals surface area contributed by atoms with Crippen LogP contribution in [0.2, 0.25) is 0 Å². The van der Waals surface area contributed by atoms with Crippen LogP contribution in [0.25, 0.3) is 0 Å². The number of likely N-dealkylation sites (tertiary alicyclic amines) is 1. The van der Waals surface area contributed by atoms with Crippen molar-refractivity contribution in [2.45, 2.75) is 57.4 Å². The van der Waals surface area contributed by atoms with Crippen molar-refractivity contribution < 1.29 is 9.53 Å². The van der Waals surface area contributed by atoms with Gasteiger partial charge in [0.15, 0.2) is 0 Å². The molecule has 0 bridgehead atoms. The molecule has 1 spiro atoms. The minimum absolute atomic E-state index is 0.216. The summed E-state index contributed by atoms with van der Waals surface area (Å²) in [6.07, 6.45) is 8.45. The molecule has 3 aliphatic rings. The van der Waals surface area contributed by atoms with E-state index in [0.717, 1.165) is 30.2 Å². The highest BCUT2D eigenvalue weighted by molar-refractivity contribution is 5.79. The van der Waals surface area contributed by atoms with Gasteiger partial charge in [0.2, 0.25) is 5.91 Å². The first-order chi connectivity index (χ1) is 13.7. The number of aromatic nitrogens is 3. The highest BCUT2D eigenvalue weighted by Gasteiger charge is 2.54. The molecule has 1 amide bonds. The Morgan fingerprint density at radius 2 is 2.04 bits per heavy atom. The molecule has 1 aromatic heterocycles. The van der Waals surface area contributed by atoms with Crippen LogP contribution >= 0.6 is 0 Å². The van der Waals surface area contributed by atoms with Gasteiger partial charge in [0.1, 0.15) is 17.9 Å². The summed E-state index contributed by atoms with van der Waals surface area (Å²) in [5.41, 5.74) is 1.26. The Hall–Kier alpha value is -2.37. The lowest BCUT2D eigenvalue weighted by atomic mass is 9.62. The number of rotatable bonds is 6. The third-order valence-corrected chi connectivity index (χ3v) is 6.79. The predicted molar refractivity (Wildman–Crippen MR) is 105 cm³/mol. The number of ether oxygens (including phenoxy) is 1. The summed E-state index contributed by atoms with van der Waals surface area (Å²) in [6.45, 7) is 4.27. The molecule has 148 valence electrons. The van der Waals surface area contributed by atoms with E-state index in [1.165, 1.54) is 32.1 Å². The van der Waals surface area contributed by atoms with Gasteiger partial charge in [-0.25, -0.2) is 0 Å². The molecule has 2 heterocycles. The van der Waals surface area contributed by atoms with E-state index in [2.05, 4.69) is 19.7 Å². The summed E-state index contributed by atoms with van der Waals surface area (Å²) < 4.78 is 7.78. The van der Waals surface area contributed by atoms with Crippen molar-refractivity contribution in [1.29, 1.82) is 0 Å². The smallest absolute Gasteiger partial charge is 0.227 e. The molecule has 1 atom stereocenters. The lowest BCUT2D eigenvalue weighted by Gasteiger charge is -2.42. The lowest BCUT2D eigenvalue weighted by molar-refractivity contribution is -0.130. The van der Waals surface area contributed by atoms with Crippen LogP contribution in [0.1, 0.15) is 62.4 Å². The Morgan fingerprint density at radius 1 is 1.25 bits per heavy atom. The van der Waals surface area contributed by atoms with Gasteiger partial charge < -0.3 is 14.2 Å². The maximum atomic E-state index is 13.1. The highest BCUT2D eigenvalue weighted by Crippen LogP contribution is 2.56. The van der Waals surface area contributed by atoms with Crippen molar-refractivity contribution in [3.05, 3.63) is 42.0 Å². The van der Waals surface area contributed by atoms with E-state index < -0.39 is 0 Å². The summed E-state index contributed by atoms with van der Waals surface area (Å²) in [6, 6.07) is 8.48. The second-order valence-corrected chi connectivity index (χ2v) is 8.62. The quantitative estimate of drug-likeness (QED) is 0.771. The van der Waals surface area contributed by atoms with E-state index in [1.807, 2.05) is 37.5 Å². The second-order valence-electron chi connectivity index (χ2n) is 8.62. The van der Waals surface area contributed by atoms with Crippen molar-refractivity contribution >= 4 is 5.91 Å². The summed E-state index contributed by atoms with van der Waals surface area (Å²) in [4.78, 5) is 15.1. The number of carbonyl (C=O) groups excluding carboxylic acids is 1. The third-order valence-electron chi connectivity index (χ3n) is 6.79. The van der Waals surface area contributed by atoms with Crippen LogP contribution in [-0.2, 0) is 11.2 Å². The van der Waals surface area contributed by atoms with Crippen LogP contribution < -0.4 is 4.74 Å². The van der Waals surface area contributed by atoms with Crippen molar-refractivity contribution in [2.75, 3.05) is 19.7 Å². The van der Waals surface area contributed by atoms with Crippen LogP contribution in [0.15, 0.2) is 30.6 Å². The lowest BCUT2D eigenvalue weighted by Crippen LogP contribution is -2.38. The molecule has 1 saturated heterocycles. The minimum atomic E-state index is 0.216. The van der Waals surface area contributed by atoms with Crippen LogP contribution in [0.5, 0.6) is 5.75 Å². The SMILES string of the molecule is CCOc1ccc(CC(=O)N2CC(c3nncn3C3CC3)C3(CCC3)C2)cc1. The van der Waals surface area contributed by atoms with E-state index >= 15 is 0 Å². The van der Waals surface area contributed by atoms with E-state index in [-0.39, 0.29) is 11.3 Å². The zero-order valence-electron chi connectivity index (χ0n) is 16.5. The number of amides is 1. The molecule has 2 aliphatic carbocycles. The summed E-state index contributed by atoms with van der Waals surface area (Å²) in [7, 11) is 0. The van der Waals surface area contributed by atoms with Crippen molar-refractivity contribution in [3.8, 4) is 5.75 Å². The Morgan fingerprint density at radius 3 is 2.68 bits per heavy atom. The first-order valence-corrected chi connectivity index (χ1v) is 10.6. The largest absolute Gasteiger partial charge is 0.494 e. The van der Waals surface area contributed by atoms with Gasteiger partial charge in [-0.2, -0.15) is 0 Å².